The summed E-state index contributed by atoms with van der Waals surface area (Å²) in [5.41, 5.74) is 0.525. The molecule has 0 aromatic carbocycles. The fourth-order valence-corrected chi connectivity index (χ4v) is 2.21. The Hall–Kier alpha value is -0.570. The van der Waals surface area contributed by atoms with Gasteiger partial charge in [-0.15, -0.1) is 0 Å². The van der Waals surface area contributed by atoms with E-state index in [1.807, 2.05) is 14.1 Å². The van der Waals surface area contributed by atoms with E-state index in [9.17, 15) is 4.79 Å². The van der Waals surface area contributed by atoms with Crippen molar-refractivity contribution in [1.82, 2.24) is 10.2 Å². The number of rotatable bonds is 4. The highest BCUT2D eigenvalue weighted by atomic mass is 16.2. The van der Waals surface area contributed by atoms with Gasteiger partial charge in [-0.25, -0.2) is 0 Å². The average molecular weight is 226 g/mol. The summed E-state index contributed by atoms with van der Waals surface area (Å²) in [5, 5.41) is 3.50. The van der Waals surface area contributed by atoms with E-state index < -0.39 is 0 Å². The van der Waals surface area contributed by atoms with E-state index >= 15 is 0 Å². The lowest BCUT2D eigenvalue weighted by Gasteiger charge is -2.34. The summed E-state index contributed by atoms with van der Waals surface area (Å²) < 4.78 is 0. The van der Waals surface area contributed by atoms with Crippen LogP contribution in [0.2, 0.25) is 0 Å². The maximum Gasteiger partial charge on any atom is 0.223 e. The molecule has 3 heteroatoms. The number of nitrogens with one attached hydrogen (secondary N) is 1. The van der Waals surface area contributed by atoms with Gasteiger partial charge in [0.25, 0.3) is 0 Å². The van der Waals surface area contributed by atoms with Gasteiger partial charge in [-0.2, -0.15) is 0 Å². The van der Waals surface area contributed by atoms with Crippen LogP contribution >= 0.6 is 0 Å². The molecule has 0 aromatic heterocycles. The van der Waals surface area contributed by atoms with Gasteiger partial charge in [0.1, 0.15) is 0 Å². The standard InChI is InChI=1S/C13H26N2O/c1-13(2)8-5-11(6-9-13)14-10-7-12(16)15(3)4/h11,14H,5-10H2,1-4H3. The first-order valence-corrected chi connectivity index (χ1v) is 6.34. The minimum atomic E-state index is 0.212. The molecule has 0 saturated heterocycles. The van der Waals surface area contributed by atoms with Crippen molar-refractivity contribution in [3.8, 4) is 0 Å². The minimum Gasteiger partial charge on any atom is -0.349 e. The van der Waals surface area contributed by atoms with Crippen molar-refractivity contribution in [2.75, 3.05) is 20.6 Å². The van der Waals surface area contributed by atoms with Crippen molar-refractivity contribution in [2.45, 2.75) is 52.0 Å². The summed E-state index contributed by atoms with van der Waals surface area (Å²) in [6.45, 7) is 5.51. The number of nitrogens with zero attached hydrogens (tertiary/aromatic N) is 1. The van der Waals surface area contributed by atoms with Crippen molar-refractivity contribution in [3.05, 3.63) is 0 Å². The molecule has 1 saturated carbocycles. The van der Waals surface area contributed by atoms with Crippen molar-refractivity contribution in [2.24, 2.45) is 5.41 Å². The monoisotopic (exact) mass is 226 g/mol. The summed E-state index contributed by atoms with van der Waals surface area (Å²) in [6.07, 6.45) is 5.72. The van der Waals surface area contributed by atoms with Gasteiger partial charge in [0.15, 0.2) is 0 Å². The third kappa shape index (κ3) is 4.52. The molecule has 0 aromatic rings. The van der Waals surface area contributed by atoms with E-state index in [1.165, 1.54) is 25.7 Å². The van der Waals surface area contributed by atoms with Gasteiger partial charge in [0.05, 0.1) is 0 Å². The molecule has 1 rings (SSSR count). The number of carbonyl (C=O) groups excluding carboxylic acids is 1. The Morgan fingerprint density at radius 1 is 1.31 bits per heavy atom. The van der Waals surface area contributed by atoms with Crippen LogP contribution in [0.4, 0.5) is 0 Å². The fraction of sp³-hybridized carbons (Fsp3) is 0.923. The number of hydrogen-bond acceptors (Lipinski definition) is 2. The van der Waals surface area contributed by atoms with Crippen LogP contribution in [0, 0.1) is 5.41 Å². The van der Waals surface area contributed by atoms with Gasteiger partial charge < -0.3 is 10.2 Å². The molecule has 0 unspecified atom stereocenters. The van der Waals surface area contributed by atoms with Crippen molar-refractivity contribution >= 4 is 5.91 Å². The molecule has 94 valence electrons. The number of hydrogen-bond donors (Lipinski definition) is 1. The van der Waals surface area contributed by atoms with Crippen LogP contribution in [0.25, 0.3) is 0 Å². The highest BCUT2D eigenvalue weighted by molar-refractivity contribution is 5.75. The second-order valence-electron chi connectivity index (χ2n) is 5.93. The first-order valence-electron chi connectivity index (χ1n) is 6.34. The molecule has 1 aliphatic rings. The summed E-state index contributed by atoms with van der Waals surface area (Å²) in [6, 6.07) is 0.628. The highest BCUT2D eigenvalue weighted by Gasteiger charge is 2.26. The van der Waals surface area contributed by atoms with Crippen molar-refractivity contribution in [1.29, 1.82) is 0 Å². The molecule has 0 aliphatic heterocycles. The fourth-order valence-electron chi connectivity index (χ4n) is 2.21. The summed E-state index contributed by atoms with van der Waals surface area (Å²) >= 11 is 0. The highest BCUT2D eigenvalue weighted by Crippen LogP contribution is 2.34. The molecule has 0 heterocycles. The van der Waals surface area contributed by atoms with Crippen LogP contribution in [-0.2, 0) is 4.79 Å². The molecular weight excluding hydrogens is 200 g/mol. The largest absolute Gasteiger partial charge is 0.349 e. The second-order valence-corrected chi connectivity index (χ2v) is 5.93. The zero-order valence-corrected chi connectivity index (χ0v) is 11.2. The predicted octanol–water partition coefficient (Wildman–Crippen LogP) is 2.02. The van der Waals surface area contributed by atoms with E-state index in [-0.39, 0.29) is 5.91 Å². The van der Waals surface area contributed by atoms with Gasteiger partial charge in [-0.3, -0.25) is 4.79 Å². The van der Waals surface area contributed by atoms with E-state index in [1.54, 1.807) is 4.90 Å². The number of amides is 1. The molecule has 1 amide bonds. The lowest BCUT2D eigenvalue weighted by molar-refractivity contribution is -0.128. The molecule has 0 spiro atoms. The quantitative estimate of drug-likeness (QED) is 0.795. The van der Waals surface area contributed by atoms with Crippen LogP contribution in [0.1, 0.15) is 46.0 Å². The van der Waals surface area contributed by atoms with Crippen molar-refractivity contribution < 1.29 is 4.79 Å². The van der Waals surface area contributed by atoms with Crippen LogP contribution < -0.4 is 5.32 Å². The Morgan fingerprint density at radius 3 is 2.38 bits per heavy atom. The normalized spacial score (nSPS) is 20.8. The third-order valence-electron chi connectivity index (χ3n) is 3.61. The van der Waals surface area contributed by atoms with Crippen LogP contribution in [-0.4, -0.2) is 37.5 Å². The number of carbonyl (C=O) groups is 1. The SMILES string of the molecule is CN(C)C(=O)CCNC1CCC(C)(C)CC1. The zero-order chi connectivity index (χ0) is 12.2. The molecule has 0 radical (unpaired) electrons. The van der Waals surface area contributed by atoms with Gasteiger partial charge in [-0.05, 0) is 31.1 Å². The minimum absolute atomic E-state index is 0.212. The molecule has 3 nitrogen and oxygen atoms in total. The maximum absolute atomic E-state index is 11.4. The third-order valence-corrected chi connectivity index (χ3v) is 3.61. The molecular formula is C13H26N2O. The van der Waals surface area contributed by atoms with E-state index in [0.717, 1.165) is 6.54 Å². The lowest BCUT2D eigenvalue weighted by atomic mass is 9.75. The zero-order valence-electron chi connectivity index (χ0n) is 11.2. The first kappa shape index (κ1) is 13.5. The van der Waals surface area contributed by atoms with Gasteiger partial charge >= 0.3 is 0 Å². The van der Waals surface area contributed by atoms with E-state index in [0.29, 0.717) is 17.9 Å². The second kappa shape index (κ2) is 5.67. The average Bonchev–Trinajstić information content (AvgIpc) is 2.20. The summed E-state index contributed by atoms with van der Waals surface area (Å²) in [5.74, 6) is 0.212. The molecule has 0 atom stereocenters. The Labute approximate surface area is 99.6 Å². The molecule has 1 N–H and O–H groups in total. The summed E-state index contributed by atoms with van der Waals surface area (Å²) in [4.78, 5) is 13.0. The lowest BCUT2D eigenvalue weighted by Crippen LogP contribution is -2.37. The Kier molecular flexibility index (Phi) is 4.78. The van der Waals surface area contributed by atoms with Gasteiger partial charge in [0, 0.05) is 33.1 Å². The van der Waals surface area contributed by atoms with Crippen LogP contribution in [0.3, 0.4) is 0 Å². The predicted molar refractivity (Wildman–Crippen MR) is 67.4 cm³/mol. The Balaban J connectivity index is 2.13. The van der Waals surface area contributed by atoms with E-state index in [4.69, 9.17) is 0 Å². The molecule has 16 heavy (non-hydrogen) atoms. The smallest absolute Gasteiger partial charge is 0.223 e. The maximum atomic E-state index is 11.4. The first-order chi connectivity index (χ1) is 7.41. The van der Waals surface area contributed by atoms with Gasteiger partial charge in [-0.1, -0.05) is 13.8 Å². The Bertz CT molecular complexity index is 226. The van der Waals surface area contributed by atoms with Crippen molar-refractivity contribution in [3.63, 3.8) is 0 Å². The van der Waals surface area contributed by atoms with Crippen LogP contribution in [0.15, 0.2) is 0 Å². The molecule has 1 fully saturated rings. The van der Waals surface area contributed by atoms with Gasteiger partial charge in [0.2, 0.25) is 5.91 Å². The Morgan fingerprint density at radius 2 is 1.88 bits per heavy atom. The van der Waals surface area contributed by atoms with Crippen LogP contribution in [0.5, 0.6) is 0 Å². The topological polar surface area (TPSA) is 32.3 Å². The summed E-state index contributed by atoms with van der Waals surface area (Å²) in [7, 11) is 3.62. The molecule has 0 bridgehead atoms. The molecule has 1 aliphatic carbocycles. The van der Waals surface area contributed by atoms with E-state index in [2.05, 4.69) is 19.2 Å².